The van der Waals surface area contributed by atoms with Crippen molar-refractivity contribution in [3.8, 4) is 17.2 Å². The number of ether oxygens (including phenoxy) is 3. The minimum Gasteiger partial charge on any atom is -0.493 e. The minimum atomic E-state index is -0.161. The Labute approximate surface area is 328 Å². The molecule has 1 N–H and O–H groups in total. The lowest BCUT2D eigenvalue weighted by atomic mass is 10.0. The highest BCUT2D eigenvalue weighted by Crippen LogP contribution is 2.41. The van der Waals surface area contributed by atoms with E-state index in [0.717, 1.165) is 33.5 Å². The number of methoxy groups -OCH3 is 1. The van der Waals surface area contributed by atoms with Gasteiger partial charge in [-0.15, -0.1) is 0 Å². The average molecular weight is 750 g/mol. The van der Waals surface area contributed by atoms with Crippen LogP contribution in [0.3, 0.4) is 0 Å². The maximum Gasteiger partial charge on any atom is 0.260 e. The monoisotopic (exact) mass is 749 g/mol. The summed E-state index contributed by atoms with van der Waals surface area (Å²) in [5.41, 5.74) is 9.67. The number of aryl methyl sites for hydroxylation is 2. The highest BCUT2D eigenvalue weighted by molar-refractivity contribution is 6.06. The lowest BCUT2D eigenvalue weighted by Crippen LogP contribution is -2.32. The van der Waals surface area contributed by atoms with Crippen LogP contribution < -0.4 is 19.5 Å². The molecule has 10 heteroatoms. The summed E-state index contributed by atoms with van der Waals surface area (Å²) >= 11 is 0. The standard InChI is InChI=1S/C46H47N5O5/c1-28-8-10-30(11-9-28)32-19-36-25-48-40-23-43(42(54-6)21-38(40)45(53)51(36)26-32)56-17-7-16-55-41-22-39-37(18-29(41)2)44(52)50-27-33(20-35(50)24-47-39)31-12-14-34(15-13-31)49-46(3,4)5/h8-15,18,21-27,35-36,49H,7,16-17,19-20H2,1-6H3/t35-,36-/m0/s1. The summed E-state index contributed by atoms with van der Waals surface area (Å²) in [7, 11) is 1.56. The molecular formula is C46H47N5O5. The van der Waals surface area contributed by atoms with E-state index in [-0.39, 0.29) is 29.4 Å². The van der Waals surface area contributed by atoms with Gasteiger partial charge in [0.05, 0.1) is 54.9 Å². The zero-order valence-electron chi connectivity index (χ0n) is 32.8. The van der Waals surface area contributed by atoms with Crippen LogP contribution in [0.5, 0.6) is 17.2 Å². The molecule has 4 aliphatic heterocycles. The zero-order chi connectivity index (χ0) is 39.1. The number of carbonyl (C=O) groups is 2. The normalized spacial score (nSPS) is 18.3. The number of rotatable bonds is 10. The molecular weight excluding hydrogens is 703 g/mol. The molecule has 0 saturated carbocycles. The molecule has 4 heterocycles. The van der Waals surface area contributed by atoms with Crippen molar-refractivity contribution in [2.45, 2.75) is 71.5 Å². The first kappa shape index (κ1) is 36.8. The Morgan fingerprint density at radius 3 is 1.77 bits per heavy atom. The number of hydrogen-bond donors (Lipinski definition) is 1. The van der Waals surface area contributed by atoms with Gasteiger partial charge in [-0.1, -0.05) is 42.0 Å². The van der Waals surface area contributed by atoms with Gasteiger partial charge >= 0.3 is 0 Å². The number of nitrogens with zero attached hydrogens (tertiary/aromatic N) is 4. The van der Waals surface area contributed by atoms with Crippen molar-refractivity contribution >= 4 is 52.5 Å². The Kier molecular flexibility index (Phi) is 9.74. The van der Waals surface area contributed by atoms with Crippen LogP contribution in [-0.2, 0) is 0 Å². The Morgan fingerprint density at radius 1 is 0.696 bits per heavy atom. The number of hydrogen-bond acceptors (Lipinski definition) is 8. The van der Waals surface area contributed by atoms with E-state index in [2.05, 4.69) is 81.5 Å². The summed E-state index contributed by atoms with van der Waals surface area (Å²) in [6, 6.07) is 23.6. The first-order valence-electron chi connectivity index (χ1n) is 19.2. The first-order valence-corrected chi connectivity index (χ1v) is 19.2. The van der Waals surface area contributed by atoms with Crippen molar-refractivity contribution in [1.82, 2.24) is 9.80 Å². The maximum absolute atomic E-state index is 13.8. The first-order chi connectivity index (χ1) is 26.9. The van der Waals surface area contributed by atoms with Crippen LogP contribution in [0.15, 0.2) is 95.2 Å². The summed E-state index contributed by atoms with van der Waals surface area (Å²) in [6.07, 6.45) is 9.59. The van der Waals surface area contributed by atoms with Crippen LogP contribution >= 0.6 is 0 Å². The average Bonchev–Trinajstić information content (AvgIpc) is 3.75. The van der Waals surface area contributed by atoms with Crippen LogP contribution in [0.4, 0.5) is 17.1 Å². The Morgan fingerprint density at radius 2 is 1.21 bits per heavy atom. The lowest BCUT2D eigenvalue weighted by Gasteiger charge is -2.22. The van der Waals surface area contributed by atoms with E-state index in [1.165, 1.54) is 5.56 Å². The van der Waals surface area contributed by atoms with E-state index in [4.69, 9.17) is 24.2 Å². The van der Waals surface area contributed by atoms with Crippen molar-refractivity contribution in [3.63, 3.8) is 0 Å². The number of carbonyl (C=O) groups excluding carboxylic acids is 2. The van der Waals surface area contributed by atoms with E-state index in [1.54, 1.807) is 29.0 Å². The Hall–Kier alpha value is -6.16. The van der Waals surface area contributed by atoms with Crippen molar-refractivity contribution in [1.29, 1.82) is 0 Å². The molecule has 10 nitrogen and oxygen atoms in total. The smallest absolute Gasteiger partial charge is 0.260 e. The SMILES string of the molecule is COc1cc2c(cc1OCCCOc1cc3c(cc1C)C(=O)N1C=C(c4ccc(NC(C)(C)C)cc4)C[C@H]1C=N3)N=C[C@@H]1CC(c3ccc(C)cc3)=CN1C2=O. The second kappa shape index (κ2) is 14.8. The third-order valence-electron chi connectivity index (χ3n) is 10.4. The van der Waals surface area contributed by atoms with E-state index >= 15 is 0 Å². The van der Waals surface area contributed by atoms with Gasteiger partial charge in [-0.2, -0.15) is 0 Å². The van der Waals surface area contributed by atoms with Gasteiger partial charge in [-0.05, 0) is 86.7 Å². The molecule has 0 saturated heterocycles. The number of benzene rings is 4. The molecule has 0 radical (unpaired) electrons. The third-order valence-corrected chi connectivity index (χ3v) is 10.4. The number of amides is 2. The molecule has 0 spiro atoms. The molecule has 4 aromatic carbocycles. The van der Waals surface area contributed by atoms with E-state index < -0.39 is 0 Å². The van der Waals surface area contributed by atoms with E-state index in [9.17, 15) is 9.59 Å². The summed E-state index contributed by atoms with van der Waals surface area (Å²) in [5, 5.41) is 3.50. The summed E-state index contributed by atoms with van der Waals surface area (Å²) < 4.78 is 18.0. The number of aliphatic imine (C=N–C) groups is 2. The lowest BCUT2D eigenvalue weighted by molar-refractivity contribution is 0.0809. The summed E-state index contributed by atoms with van der Waals surface area (Å²) in [4.78, 5) is 40.6. The van der Waals surface area contributed by atoms with Gasteiger partial charge in [0.25, 0.3) is 11.8 Å². The van der Waals surface area contributed by atoms with Crippen LogP contribution in [0, 0.1) is 13.8 Å². The number of anilines is 1. The van der Waals surface area contributed by atoms with Gasteiger partial charge in [-0.25, -0.2) is 0 Å². The summed E-state index contributed by atoms with van der Waals surface area (Å²) in [5.74, 6) is 1.45. The van der Waals surface area contributed by atoms with E-state index in [0.29, 0.717) is 72.2 Å². The van der Waals surface area contributed by atoms with Crippen molar-refractivity contribution in [3.05, 3.63) is 119 Å². The van der Waals surface area contributed by atoms with Gasteiger partial charge in [0.1, 0.15) is 5.75 Å². The quantitative estimate of drug-likeness (QED) is 0.162. The van der Waals surface area contributed by atoms with E-state index in [1.807, 2.05) is 43.9 Å². The van der Waals surface area contributed by atoms with Gasteiger partial charge in [0.15, 0.2) is 11.5 Å². The molecule has 0 aromatic heterocycles. The molecule has 4 aromatic rings. The van der Waals surface area contributed by atoms with Crippen molar-refractivity contribution in [2.75, 3.05) is 25.6 Å². The highest BCUT2D eigenvalue weighted by Gasteiger charge is 2.35. The fourth-order valence-electron chi connectivity index (χ4n) is 7.55. The second-order valence-corrected chi connectivity index (χ2v) is 15.9. The van der Waals surface area contributed by atoms with Crippen LogP contribution in [0.2, 0.25) is 0 Å². The summed E-state index contributed by atoms with van der Waals surface area (Å²) in [6.45, 7) is 11.1. The number of fused-ring (bicyclic) bond motifs is 4. The Bertz CT molecular complexity index is 2320. The largest absolute Gasteiger partial charge is 0.493 e. The second-order valence-electron chi connectivity index (χ2n) is 15.9. The molecule has 0 unspecified atom stereocenters. The third kappa shape index (κ3) is 7.43. The molecule has 0 bridgehead atoms. The predicted molar refractivity (Wildman–Crippen MR) is 222 cm³/mol. The fraction of sp³-hybridized carbons (Fsp3) is 0.304. The molecule has 56 heavy (non-hydrogen) atoms. The molecule has 0 fully saturated rings. The molecule has 4 aliphatic rings. The van der Waals surface area contributed by atoms with Crippen LogP contribution in [-0.4, -0.2) is 72.0 Å². The van der Waals surface area contributed by atoms with Gasteiger partial charge < -0.3 is 29.3 Å². The van der Waals surface area contributed by atoms with Gasteiger partial charge in [-0.3, -0.25) is 19.6 Å². The van der Waals surface area contributed by atoms with Crippen molar-refractivity contribution in [2.24, 2.45) is 9.98 Å². The molecule has 8 rings (SSSR count). The minimum absolute atomic E-state index is 0.0240. The molecule has 2 atom stereocenters. The van der Waals surface area contributed by atoms with Gasteiger partial charge in [0, 0.05) is 67.5 Å². The van der Waals surface area contributed by atoms with Crippen molar-refractivity contribution < 1.29 is 23.8 Å². The highest BCUT2D eigenvalue weighted by atomic mass is 16.5. The maximum atomic E-state index is 13.8. The van der Waals surface area contributed by atoms with Crippen LogP contribution in [0.25, 0.3) is 11.1 Å². The molecule has 286 valence electrons. The zero-order valence-corrected chi connectivity index (χ0v) is 32.8. The molecule has 0 aliphatic carbocycles. The fourth-order valence-corrected chi connectivity index (χ4v) is 7.55. The number of nitrogens with one attached hydrogen (secondary N) is 1. The molecule has 2 amide bonds. The predicted octanol–water partition coefficient (Wildman–Crippen LogP) is 9.31. The topological polar surface area (TPSA) is 105 Å². The Balaban J connectivity index is 0.885. The van der Waals surface area contributed by atoms with Gasteiger partial charge in [0.2, 0.25) is 0 Å². The van der Waals surface area contributed by atoms with Crippen LogP contribution in [0.1, 0.15) is 83.0 Å².